The highest BCUT2D eigenvalue weighted by atomic mass is 32.1. The Morgan fingerprint density at radius 1 is 1.53 bits per heavy atom. The quantitative estimate of drug-likeness (QED) is 0.785. The maximum atomic E-state index is 11.6. The van der Waals surface area contributed by atoms with E-state index in [4.69, 9.17) is 5.73 Å². The van der Waals surface area contributed by atoms with Crippen LogP contribution in [0.1, 0.15) is 32.1 Å². The fourth-order valence-corrected chi connectivity index (χ4v) is 2.30. The number of nitrogens with one attached hydrogen (secondary N) is 1. The maximum absolute atomic E-state index is 11.6. The normalized spacial score (nSPS) is 19.0. The molecule has 0 aliphatic heterocycles. The first-order valence-electron chi connectivity index (χ1n) is 4.92. The zero-order chi connectivity index (χ0) is 10.7. The van der Waals surface area contributed by atoms with Crippen LogP contribution < -0.4 is 11.1 Å². The van der Waals surface area contributed by atoms with Crippen LogP contribution in [-0.4, -0.2) is 26.2 Å². The second kappa shape index (κ2) is 4.19. The fraction of sp³-hybridized carbons (Fsp3) is 0.750. The number of aromatic nitrogens is 3. The molecule has 1 saturated carbocycles. The van der Waals surface area contributed by atoms with Crippen molar-refractivity contribution in [1.82, 2.24) is 14.8 Å². The molecule has 15 heavy (non-hydrogen) atoms. The van der Waals surface area contributed by atoms with Crippen LogP contribution in [0.5, 0.6) is 0 Å². The van der Waals surface area contributed by atoms with E-state index in [1.807, 2.05) is 0 Å². The summed E-state index contributed by atoms with van der Waals surface area (Å²) in [5.41, 5.74) is 5.76. The summed E-state index contributed by atoms with van der Waals surface area (Å²) in [5, 5.41) is 10.1. The standard InChI is InChI=1S/C8H13N5OS/c9-8(3-1-2-4-8)5-6(14)10-7-11-12-13-15-7/h1-5,9H2,(H,10,11,13,14). The highest BCUT2D eigenvalue weighted by molar-refractivity contribution is 7.09. The van der Waals surface area contributed by atoms with Crippen LogP contribution in [0.15, 0.2) is 0 Å². The molecule has 0 atom stereocenters. The van der Waals surface area contributed by atoms with E-state index >= 15 is 0 Å². The topological polar surface area (TPSA) is 93.8 Å². The van der Waals surface area contributed by atoms with Crippen LogP contribution in [0.4, 0.5) is 5.13 Å². The second-order valence-corrected chi connectivity index (χ2v) is 4.69. The Morgan fingerprint density at radius 3 is 2.87 bits per heavy atom. The van der Waals surface area contributed by atoms with Crippen LogP contribution >= 0.6 is 11.5 Å². The molecule has 0 saturated heterocycles. The number of carbonyl (C=O) groups excluding carboxylic acids is 1. The van der Waals surface area contributed by atoms with E-state index < -0.39 is 0 Å². The van der Waals surface area contributed by atoms with Gasteiger partial charge in [0.25, 0.3) is 0 Å². The monoisotopic (exact) mass is 227 g/mol. The lowest BCUT2D eigenvalue weighted by atomic mass is 9.94. The average molecular weight is 227 g/mol. The van der Waals surface area contributed by atoms with Crippen LogP contribution in [0.2, 0.25) is 0 Å². The number of hydrogen-bond donors (Lipinski definition) is 2. The molecule has 1 aromatic heterocycles. The van der Waals surface area contributed by atoms with E-state index in [9.17, 15) is 4.79 Å². The van der Waals surface area contributed by atoms with Crippen molar-refractivity contribution in [2.24, 2.45) is 5.73 Å². The van der Waals surface area contributed by atoms with E-state index in [1.165, 1.54) is 0 Å². The Hall–Kier alpha value is -1.08. The molecule has 1 aliphatic carbocycles. The van der Waals surface area contributed by atoms with E-state index in [2.05, 4.69) is 20.1 Å². The molecule has 6 nitrogen and oxygen atoms in total. The molecule has 2 rings (SSSR count). The molecule has 1 amide bonds. The molecule has 0 bridgehead atoms. The molecule has 1 fully saturated rings. The highest BCUT2D eigenvalue weighted by Crippen LogP contribution is 2.30. The lowest BCUT2D eigenvalue weighted by Gasteiger charge is -2.21. The van der Waals surface area contributed by atoms with E-state index in [0.717, 1.165) is 37.2 Å². The van der Waals surface area contributed by atoms with Crippen molar-refractivity contribution in [2.75, 3.05) is 5.32 Å². The Labute approximate surface area is 91.4 Å². The summed E-state index contributed by atoms with van der Waals surface area (Å²) >= 11 is 1.06. The van der Waals surface area contributed by atoms with Crippen LogP contribution in [0, 0.1) is 0 Å². The SMILES string of the molecule is NC1(CC(=O)Nc2nnns2)CCCC1. The van der Waals surface area contributed by atoms with Crippen molar-refractivity contribution in [3.8, 4) is 0 Å². The Kier molecular flexibility index (Phi) is 2.92. The Balaban J connectivity index is 1.87. The van der Waals surface area contributed by atoms with Gasteiger partial charge in [0, 0.05) is 23.5 Å². The maximum Gasteiger partial charge on any atom is 0.231 e. The van der Waals surface area contributed by atoms with Crippen LogP contribution in [0.25, 0.3) is 0 Å². The van der Waals surface area contributed by atoms with Gasteiger partial charge in [-0.25, -0.2) is 0 Å². The van der Waals surface area contributed by atoms with E-state index in [1.54, 1.807) is 0 Å². The van der Waals surface area contributed by atoms with E-state index in [0.29, 0.717) is 11.6 Å². The summed E-state index contributed by atoms with van der Waals surface area (Å²) in [6, 6.07) is 0. The zero-order valence-corrected chi connectivity index (χ0v) is 9.09. The van der Waals surface area contributed by atoms with Gasteiger partial charge >= 0.3 is 0 Å². The lowest BCUT2D eigenvalue weighted by molar-refractivity contribution is -0.117. The Morgan fingerprint density at radius 2 is 2.27 bits per heavy atom. The molecule has 0 aromatic carbocycles. The van der Waals surface area contributed by atoms with Gasteiger partial charge in [-0.2, -0.15) is 0 Å². The number of nitrogens with two attached hydrogens (primary N) is 1. The number of anilines is 1. The lowest BCUT2D eigenvalue weighted by Crippen LogP contribution is -2.40. The minimum Gasteiger partial charge on any atom is -0.325 e. The number of rotatable bonds is 3. The molecular formula is C8H13N5OS. The summed E-state index contributed by atoms with van der Waals surface area (Å²) < 4.78 is 3.56. The van der Waals surface area contributed by atoms with Crippen molar-refractivity contribution in [3.63, 3.8) is 0 Å². The smallest absolute Gasteiger partial charge is 0.231 e. The first-order chi connectivity index (χ1) is 7.18. The van der Waals surface area contributed by atoms with E-state index in [-0.39, 0.29) is 11.4 Å². The molecule has 0 radical (unpaired) electrons. The first kappa shape index (κ1) is 10.4. The molecule has 0 unspecified atom stereocenters. The second-order valence-electron chi connectivity index (χ2n) is 3.96. The average Bonchev–Trinajstić information content (AvgIpc) is 2.76. The molecule has 0 spiro atoms. The van der Waals surface area contributed by atoms with Crippen molar-refractivity contribution in [3.05, 3.63) is 0 Å². The van der Waals surface area contributed by atoms with Gasteiger partial charge in [0.15, 0.2) is 0 Å². The van der Waals surface area contributed by atoms with Crippen LogP contribution in [0.3, 0.4) is 0 Å². The minimum absolute atomic E-state index is 0.0991. The highest BCUT2D eigenvalue weighted by Gasteiger charge is 2.31. The largest absolute Gasteiger partial charge is 0.325 e. The van der Waals surface area contributed by atoms with Gasteiger partial charge in [-0.15, -0.1) is 0 Å². The number of amides is 1. The van der Waals surface area contributed by atoms with Gasteiger partial charge in [0.2, 0.25) is 11.0 Å². The summed E-state index contributed by atoms with van der Waals surface area (Å²) in [6.45, 7) is 0. The minimum atomic E-state index is -0.317. The van der Waals surface area contributed by atoms with Gasteiger partial charge in [-0.3, -0.25) is 10.1 Å². The summed E-state index contributed by atoms with van der Waals surface area (Å²) in [7, 11) is 0. The predicted molar refractivity (Wildman–Crippen MR) is 56.3 cm³/mol. The zero-order valence-electron chi connectivity index (χ0n) is 8.27. The summed E-state index contributed by atoms with van der Waals surface area (Å²) in [5.74, 6) is -0.0991. The molecule has 3 N–H and O–H groups in total. The Bertz CT molecular complexity index is 333. The number of carbonyl (C=O) groups is 1. The van der Waals surface area contributed by atoms with Gasteiger partial charge in [0.1, 0.15) is 0 Å². The molecule has 82 valence electrons. The van der Waals surface area contributed by atoms with Crippen molar-refractivity contribution in [1.29, 1.82) is 0 Å². The van der Waals surface area contributed by atoms with Gasteiger partial charge in [0.05, 0.1) is 0 Å². The fourth-order valence-electron chi connectivity index (χ4n) is 1.92. The molecular weight excluding hydrogens is 214 g/mol. The molecule has 1 heterocycles. The van der Waals surface area contributed by atoms with Crippen molar-refractivity contribution < 1.29 is 4.79 Å². The number of nitrogens with zero attached hydrogens (tertiary/aromatic N) is 3. The molecule has 1 aliphatic rings. The predicted octanol–water partition coefficient (Wildman–Crippen LogP) is 0.533. The molecule has 7 heteroatoms. The summed E-state index contributed by atoms with van der Waals surface area (Å²) in [4.78, 5) is 11.6. The summed E-state index contributed by atoms with van der Waals surface area (Å²) in [6.07, 6.45) is 4.43. The molecule has 1 aromatic rings. The van der Waals surface area contributed by atoms with Crippen molar-refractivity contribution in [2.45, 2.75) is 37.6 Å². The third kappa shape index (κ3) is 2.69. The van der Waals surface area contributed by atoms with Gasteiger partial charge in [-0.05, 0) is 18.1 Å². The van der Waals surface area contributed by atoms with Crippen LogP contribution in [-0.2, 0) is 4.79 Å². The van der Waals surface area contributed by atoms with Gasteiger partial charge < -0.3 is 5.73 Å². The first-order valence-corrected chi connectivity index (χ1v) is 5.69. The third-order valence-electron chi connectivity index (χ3n) is 2.66. The van der Waals surface area contributed by atoms with Crippen molar-refractivity contribution >= 4 is 22.6 Å². The third-order valence-corrected chi connectivity index (χ3v) is 3.17. The van der Waals surface area contributed by atoms with Gasteiger partial charge in [-0.1, -0.05) is 22.4 Å². The number of hydrogen-bond acceptors (Lipinski definition) is 6.